The Bertz CT molecular complexity index is 443. The zero-order valence-electron chi connectivity index (χ0n) is 10.2. The van der Waals surface area contributed by atoms with Gasteiger partial charge >= 0.3 is 0 Å². The number of nitriles is 1. The fourth-order valence-electron chi connectivity index (χ4n) is 1.34. The topological polar surface area (TPSA) is 53.3 Å². The van der Waals surface area contributed by atoms with Crippen molar-refractivity contribution in [3.8, 4) is 11.8 Å². The van der Waals surface area contributed by atoms with Gasteiger partial charge < -0.3 is 9.64 Å². The lowest BCUT2D eigenvalue weighted by molar-refractivity contribution is -0.130. The quantitative estimate of drug-likeness (QED) is 0.795. The molecule has 96 valence electrons. The van der Waals surface area contributed by atoms with Crippen molar-refractivity contribution in [2.75, 3.05) is 20.2 Å². The molecule has 0 fully saturated rings. The lowest BCUT2D eigenvalue weighted by atomic mass is 10.3. The number of ether oxygens (including phenoxy) is 1. The molecule has 1 rings (SSSR count). The minimum absolute atomic E-state index is 0.0442. The molecule has 0 spiro atoms. The summed E-state index contributed by atoms with van der Waals surface area (Å²) in [5, 5.41) is 8.96. The second-order valence-corrected chi connectivity index (χ2v) is 4.16. The fraction of sp³-hybridized carbons (Fsp3) is 0.385. The minimum atomic E-state index is -0.0442. The Morgan fingerprint density at radius 3 is 2.89 bits per heavy atom. The number of halogens is 1. The molecule has 1 aromatic carbocycles. The number of rotatable bonds is 6. The second kappa shape index (κ2) is 7.57. The molecule has 0 aromatic heterocycles. The molecule has 1 aromatic rings. The third kappa shape index (κ3) is 4.64. The molecule has 0 aliphatic carbocycles. The van der Waals surface area contributed by atoms with Crippen LogP contribution >= 0.6 is 11.6 Å². The van der Waals surface area contributed by atoms with Crippen LogP contribution in [0.4, 0.5) is 0 Å². The van der Waals surface area contributed by atoms with Crippen LogP contribution < -0.4 is 4.74 Å². The maximum Gasteiger partial charge on any atom is 0.225 e. The molecular formula is C13H15ClN2O2. The SMILES string of the molecule is CN(CCC#N)C(=O)CCOc1ccccc1Cl. The first-order valence-electron chi connectivity index (χ1n) is 5.63. The summed E-state index contributed by atoms with van der Waals surface area (Å²) in [6.45, 7) is 0.723. The number of amides is 1. The Hall–Kier alpha value is -1.73. The number of carbonyl (C=O) groups excluding carboxylic acids is 1. The molecular weight excluding hydrogens is 252 g/mol. The molecule has 0 unspecified atom stereocenters. The lowest BCUT2D eigenvalue weighted by Gasteiger charge is -2.15. The molecule has 5 heteroatoms. The summed E-state index contributed by atoms with van der Waals surface area (Å²) in [4.78, 5) is 13.2. The molecule has 0 saturated carbocycles. The van der Waals surface area contributed by atoms with Crippen molar-refractivity contribution in [2.45, 2.75) is 12.8 Å². The van der Waals surface area contributed by atoms with E-state index in [4.69, 9.17) is 21.6 Å². The number of nitrogens with zero attached hydrogens (tertiary/aromatic N) is 2. The first kappa shape index (κ1) is 14.3. The van der Waals surface area contributed by atoms with Crippen LogP contribution in [-0.2, 0) is 4.79 Å². The van der Waals surface area contributed by atoms with Crippen LogP contribution in [0.15, 0.2) is 24.3 Å². The molecule has 0 radical (unpaired) electrons. The van der Waals surface area contributed by atoms with Crippen molar-refractivity contribution in [3.05, 3.63) is 29.3 Å². The van der Waals surface area contributed by atoms with Crippen molar-refractivity contribution < 1.29 is 9.53 Å². The third-order valence-electron chi connectivity index (χ3n) is 2.39. The molecule has 18 heavy (non-hydrogen) atoms. The third-order valence-corrected chi connectivity index (χ3v) is 2.71. The van der Waals surface area contributed by atoms with Crippen LogP contribution in [0.1, 0.15) is 12.8 Å². The maximum atomic E-state index is 11.6. The Kier molecular flexibility index (Phi) is 6.03. The largest absolute Gasteiger partial charge is 0.491 e. The van der Waals surface area contributed by atoms with E-state index in [1.54, 1.807) is 19.2 Å². The molecule has 1 amide bonds. The maximum absolute atomic E-state index is 11.6. The number of hydrogen-bond acceptors (Lipinski definition) is 3. The smallest absolute Gasteiger partial charge is 0.225 e. The van der Waals surface area contributed by atoms with E-state index in [1.165, 1.54) is 4.90 Å². The number of para-hydroxylation sites is 1. The number of carbonyl (C=O) groups is 1. The van der Waals surface area contributed by atoms with Gasteiger partial charge in [0.1, 0.15) is 5.75 Å². The van der Waals surface area contributed by atoms with E-state index in [2.05, 4.69) is 0 Å². The van der Waals surface area contributed by atoms with Crippen LogP contribution in [0.3, 0.4) is 0 Å². The van der Waals surface area contributed by atoms with Crippen LogP contribution in [0, 0.1) is 11.3 Å². The number of hydrogen-bond donors (Lipinski definition) is 0. The highest BCUT2D eigenvalue weighted by Gasteiger charge is 2.08. The first-order chi connectivity index (χ1) is 8.65. The minimum Gasteiger partial charge on any atom is -0.491 e. The second-order valence-electron chi connectivity index (χ2n) is 3.75. The van der Waals surface area contributed by atoms with Crippen molar-refractivity contribution in [2.24, 2.45) is 0 Å². The van der Waals surface area contributed by atoms with Crippen molar-refractivity contribution in [1.82, 2.24) is 4.90 Å². The molecule has 0 atom stereocenters. The van der Waals surface area contributed by atoms with Crippen LogP contribution in [0.25, 0.3) is 0 Å². The van der Waals surface area contributed by atoms with E-state index in [9.17, 15) is 4.79 Å². The summed E-state index contributed by atoms with van der Waals surface area (Å²) < 4.78 is 5.42. The summed E-state index contributed by atoms with van der Waals surface area (Å²) in [5.74, 6) is 0.531. The Balaban J connectivity index is 2.32. The van der Waals surface area contributed by atoms with Gasteiger partial charge in [0, 0.05) is 13.6 Å². The van der Waals surface area contributed by atoms with Gasteiger partial charge in [-0.25, -0.2) is 0 Å². The van der Waals surface area contributed by atoms with Gasteiger partial charge in [-0.15, -0.1) is 0 Å². The fourth-order valence-corrected chi connectivity index (χ4v) is 1.53. The average molecular weight is 267 g/mol. The highest BCUT2D eigenvalue weighted by molar-refractivity contribution is 6.32. The van der Waals surface area contributed by atoms with Gasteiger partial charge in [0.05, 0.1) is 30.5 Å². The van der Waals surface area contributed by atoms with E-state index in [0.717, 1.165) is 0 Å². The highest BCUT2D eigenvalue weighted by Crippen LogP contribution is 2.23. The normalized spacial score (nSPS) is 9.61. The van der Waals surface area contributed by atoms with Crippen molar-refractivity contribution in [3.63, 3.8) is 0 Å². The predicted octanol–water partition coefficient (Wildman–Crippen LogP) is 2.48. The monoisotopic (exact) mass is 266 g/mol. The van der Waals surface area contributed by atoms with Crippen LogP contribution in [0.2, 0.25) is 5.02 Å². The van der Waals surface area contributed by atoms with Crippen molar-refractivity contribution in [1.29, 1.82) is 5.26 Å². The van der Waals surface area contributed by atoms with Gasteiger partial charge in [-0.3, -0.25) is 4.79 Å². The average Bonchev–Trinajstić information content (AvgIpc) is 2.38. The highest BCUT2D eigenvalue weighted by atomic mass is 35.5. The summed E-state index contributed by atoms with van der Waals surface area (Å²) in [5.41, 5.74) is 0. The molecule has 0 heterocycles. The van der Waals surface area contributed by atoms with Gasteiger partial charge in [-0.2, -0.15) is 5.26 Å². The van der Waals surface area contributed by atoms with E-state index < -0.39 is 0 Å². The van der Waals surface area contributed by atoms with Crippen LogP contribution in [0.5, 0.6) is 5.75 Å². The van der Waals surface area contributed by atoms with E-state index in [-0.39, 0.29) is 18.9 Å². The molecule has 4 nitrogen and oxygen atoms in total. The van der Waals surface area contributed by atoms with Gasteiger partial charge in [0.25, 0.3) is 0 Å². The van der Waals surface area contributed by atoms with E-state index >= 15 is 0 Å². The first-order valence-corrected chi connectivity index (χ1v) is 6.01. The van der Waals surface area contributed by atoms with E-state index in [0.29, 0.717) is 23.7 Å². The number of benzene rings is 1. The predicted molar refractivity (Wildman–Crippen MR) is 69.4 cm³/mol. The van der Waals surface area contributed by atoms with Gasteiger partial charge in [-0.05, 0) is 12.1 Å². The van der Waals surface area contributed by atoms with Crippen molar-refractivity contribution >= 4 is 17.5 Å². The molecule has 0 aliphatic heterocycles. The van der Waals surface area contributed by atoms with E-state index in [1.807, 2.05) is 18.2 Å². The van der Waals surface area contributed by atoms with Gasteiger partial charge in [0.15, 0.2) is 0 Å². The zero-order valence-corrected chi connectivity index (χ0v) is 11.0. The Morgan fingerprint density at radius 2 is 2.22 bits per heavy atom. The Labute approximate surface area is 112 Å². The van der Waals surface area contributed by atoms with Gasteiger partial charge in [0.2, 0.25) is 5.91 Å². The summed E-state index contributed by atoms with van der Waals surface area (Å²) >= 11 is 5.91. The molecule has 0 aliphatic rings. The summed E-state index contributed by atoms with van der Waals surface area (Å²) in [6, 6.07) is 9.13. The molecule has 0 N–H and O–H groups in total. The molecule has 0 saturated heterocycles. The standard InChI is InChI=1S/C13H15ClN2O2/c1-16(9-4-8-15)13(17)7-10-18-12-6-3-2-5-11(12)14/h2-3,5-6H,4,7,9-10H2,1H3. The van der Waals surface area contributed by atoms with Crippen LogP contribution in [-0.4, -0.2) is 31.0 Å². The zero-order chi connectivity index (χ0) is 13.4. The summed E-state index contributed by atoms with van der Waals surface area (Å²) in [7, 11) is 1.68. The summed E-state index contributed by atoms with van der Waals surface area (Å²) in [6.07, 6.45) is 0.612. The Morgan fingerprint density at radius 1 is 1.50 bits per heavy atom. The van der Waals surface area contributed by atoms with Gasteiger partial charge in [-0.1, -0.05) is 23.7 Å². The molecule has 0 bridgehead atoms. The lowest BCUT2D eigenvalue weighted by Crippen LogP contribution is -2.28.